The van der Waals surface area contributed by atoms with E-state index in [0.29, 0.717) is 45.7 Å². The van der Waals surface area contributed by atoms with Gasteiger partial charge in [-0.25, -0.2) is 0 Å². The van der Waals surface area contributed by atoms with Crippen LogP contribution in [-0.4, -0.2) is 121 Å². The second-order valence-electron chi connectivity index (χ2n) is 9.86. The molecule has 3 fully saturated rings. The van der Waals surface area contributed by atoms with Crippen molar-refractivity contribution in [2.75, 3.05) is 65.7 Å². The lowest BCUT2D eigenvalue weighted by Gasteiger charge is -2.36. The molecular weight excluding hydrogens is 454 g/mol. The average molecular weight is 490 g/mol. The first kappa shape index (κ1) is 24.4. The first-order chi connectivity index (χ1) is 17.1. The molecule has 1 N–H and O–H groups in total. The van der Waals surface area contributed by atoms with Gasteiger partial charge in [-0.05, 0) is 25.3 Å². The molecule has 5 rings (SSSR count). The summed E-state index contributed by atoms with van der Waals surface area (Å²) in [4.78, 5) is 46.5. The van der Waals surface area contributed by atoms with Gasteiger partial charge in [0, 0.05) is 45.9 Å². The molecule has 0 aliphatic carbocycles. The molecule has 0 aromatic heterocycles. The zero-order valence-corrected chi connectivity index (χ0v) is 20.0. The summed E-state index contributed by atoms with van der Waals surface area (Å²) < 4.78 is 17.3. The van der Waals surface area contributed by atoms with E-state index in [4.69, 9.17) is 19.3 Å². The molecule has 0 saturated carbocycles. The van der Waals surface area contributed by atoms with Gasteiger partial charge in [-0.1, -0.05) is 18.2 Å². The van der Waals surface area contributed by atoms with Gasteiger partial charge in [0.2, 0.25) is 11.8 Å². The summed E-state index contributed by atoms with van der Waals surface area (Å²) in [6.07, 6.45) is 8.74. The minimum atomic E-state index is -1.20. The van der Waals surface area contributed by atoms with Gasteiger partial charge < -0.3 is 29.1 Å². The minimum absolute atomic E-state index is 0.0893. The molecule has 0 radical (unpaired) electrons. The van der Waals surface area contributed by atoms with Gasteiger partial charge >= 0.3 is 5.97 Å². The number of aliphatic hydroxyl groups excluding tert-OH is 1. The van der Waals surface area contributed by atoms with Gasteiger partial charge in [0.05, 0.1) is 25.2 Å². The van der Waals surface area contributed by atoms with Crippen molar-refractivity contribution >= 4 is 17.8 Å². The van der Waals surface area contributed by atoms with Crippen molar-refractivity contribution in [2.45, 2.75) is 37.0 Å². The van der Waals surface area contributed by atoms with Gasteiger partial charge in [0.25, 0.3) is 0 Å². The van der Waals surface area contributed by atoms with E-state index >= 15 is 0 Å². The number of amides is 2. The quantitative estimate of drug-likeness (QED) is 0.278. The van der Waals surface area contributed by atoms with Gasteiger partial charge in [-0.3, -0.25) is 19.3 Å². The molecule has 0 aromatic rings. The van der Waals surface area contributed by atoms with Gasteiger partial charge in [-0.2, -0.15) is 0 Å². The van der Waals surface area contributed by atoms with Gasteiger partial charge in [-0.15, -0.1) is 0 Å². The van der Waals surface area contributed by atoms with E-state index in [0.717, 1.165) is 26.1 Å². The molecule has 10 heteroatoms. The van der Waals surface area contributed by atoms with Crippen LogP contribution in [0, 0.1) is 11.8 Å². The molecule has 0 aromatic carbocycles. The van der Waals surface area contributed by atoms with E-state index in [2.05, 4.69) is 4.90 Å². The third-order valence-electron chi connectivity index (χ3n) is 7.84. The Kier molecular flexibility index (Phi) is 7.24. The van der Waals surface area contributed by atoms with Crippen molar-refractivity contribution < 1.29 is 33.7 Å². The fourth-order valence-electron chi connectivity index (χ4n) is 6.11. The molecule has 5 aliphatic rings. The largest absolute Gasteiger partial charge is 0.461 e. The first-order valence-corrected chi connectivity index (χ1v) is 12.8. The zero-order valence-electron chi connectivity index (χ0n) is 20.0. The molecule has 192 valence electrons. The van der Waals surface area contributed by atoms with Crippen molar-refractivity contribution in [3.8, 4) is 0 Å². The molecule has 3 saturated heterocycles. The van der Waals surface area contributed by atoms with Crippen molar-refractivity contribution in [1.82, 2.24) is 14.7 Å². The molecule has 1 unspecified atom stereocenters. The molecule has 10 nitrogen and oxygen atoms in total. The lowest BCUT2D eigenvalue weighted by molar-refractivity contribution is -0.153. The Balaban J connectivity index is 1.43. The van der Waals surface area contributed by atoms with E-state index in [1.165, 1.54) is 0 Å². The van der Waals surface area contributed by atoms with Crippen LogP contribution in [0.2, 0.25) is 0 Å². The molecular formula is C25H35N3O7. The summed E-state index contributed by atoms with van der Waals surface area (Å²) in [5, 5.41) is 9.15. The highest BCUT2D eigenvalue weighted by atomic mass is 16.6. The third kappa shape index (κ3) is 4.41. The Bertz CT molecular complexity index is 886. The maximum atomic E-state index is 14.0. The number of nitrogens with zero attached hydrogens (tertiary/aromatic N) is 3. The molecule has 5 atom stereocenters. The van der Waals surface area contributed by atoms with E-state index < -0.39 is 35.6 Å². The average Bonchev–Trinajstić information content (AvgIpc) is 3.16. The Morgan fingerprint density at radius 3 is 2.63 bits per heavy atom. The topological polar surface area (TPSA) is 109 Å². The highest BCUT2D eigenvalue weighted by Crippen LogP contribution is 2.53. The number of unbranched alkanes of at least 4 members (excludes halogenated alkanes) is 2. The Hall–Kier alpha value is -2.27. The predicted octanol–water partition coefficient (Wildman–Crippen LogP) is -0.427. The Morgan fingerprint density at radius 1 is 1.00 bits per heavy atom. The summed E-state index contributed by atoms with van der Waals surface area (Å²) in [7, 11) is 0. The number of hydrogen-bond acceptors (Lipinski definition) is 8. The standard InChI is InChI=1S/C25H35N3O7/c29-14-3-1-2-9-28-21-23(31)27(11-10-26-12-16-33-17-13-26)8-5-7-25(21)20(22(28)30)19-18(35-25)6-4-15-34-24(19)32/h4-7,18-21,29H,1-3,8-17H2/t18-,19+,20+,21-,25?/m1/s1. The maximum Gasteiger partial charge on any atom is 0.313 e. The van der Waals surface area contributed by atoms with Crippen LogP contribution in [0.4, 0.5) is 0 Å². The van der Waals surface area contributed by atoms with E-state index in [9.17, 15) is 14.4 Å². The normalized spacial score (nSPS) is 34.9. The fourth-order valence-corrected chi connectivity index (χ4v) is 6.11. The summed E-state index contributed by atoms with van der Waals surface area (Å²) >= 11 is 0. The predicted molar refractivity (Wildman–Crippen MR) is 124 cm³/mol. The molecule has 5 aliphatic heterocycles. The summed E-state index contributed by atoms with van der Waals surface area (Å²) in [6, 6.07) is -0.828. The number of likely N-dealkylation sites (tertiary alicyclic amines) is 1. The van der Waals surface area contributed by atoms with Gasteiger partial charge in [0.1, 0.15) is 24.2 Å². The second kappa shape index (κ2) is 10.4. The number of morpholine rings is 1. The van der Waals surface area contributed by atoms with Crippen LogP contribution >= 0.6 is 0 Å². The number of hydrogen-bond donors (Lipinski definition) is 1. The lowest BCUT2D eigenvalue weighted by atomic mass is 9.78. The van der Waals surface area contributed by atoms with Crippen molar-refractivity contribution in [3.05, 3.63) is 24.3 Å². The number of fused-ring (bicyclic) bond motifs is 2. The second-order valence-corrected chi connectivity index (χ2v) is 9.86. The Morgan fingerprint density at radius 2 is 1.83 bits per heavy atom. The minimum Gasteiger partial charge on any atom is -0.461 e. The number of esters is 1. The van der Waals surface area contributed by atoms with Crippen LogP contribution < -0.4 is 0 Å². The summed E-state index contributed by atoms with van der Waals surface area (Å²) in [6.45, 7) is 5.39. The van der Waals surface area contributed by atoms with Crippen LogP contribution in [-0.2, 0) is 28.6 Å². The van der Waals surface area contributed by atoms with Crippen LogP contribution in [0.25, 0.3) is 0 Å². The smallest absolute Gasteiger partial charge is 0.313 e. The van der Waals surface area contributed by atoms with E-state index in [1.54, 1.807) is 22.0 Å². The Labute approximate surface area is 205 Å². The molecule has 2 amide bonds. The van der Waals surface area contributed by atoms with Gasteiger partial charge in [0.15, 0.2) is 0 Å². The molecule has 1 spiro atoms. The maximum absolute atomic E-state index is 14.0. The fraction of sp³-hybridized carbons (Fsp3) is 0.720. The molecule has 35 heavy (non-hydrogen) atoms. The monoisotopic (exact) mass is 489 g/mol. The SMILES string of the molecule is O=C1OCC=C[C@H]2OC34C=CCN(CCN5CCOCC5)C(=O)[C@H]3N(CCCCCO)C(=O)[C@@H]4[C@@H]12. The number of ether oxygens (including phenoxy) is 3. The highest BCUT2D eigenvalue weighted by molar-refractivity contribution is 5.99. The van der Waals surface area contributed by atoms with Crippen LogP contribution in [0.1, 0.15) is 19.3 Å². The van der Waals surface area contributed by atoms with Crippen molar-refractivity contribution in [2.24, 2.45) is 11.8 Å². The van der Waals surface area contributed by atoms with E-state index in [-0.39, 0.29) is 25.0 Å². The number of aliphatic hydroxyl groups is 1. The molecule has 0 bridgehead atoms. The van der Waals surface area contributed by atoms with Crippen molar-refractivity contribution in [3.63, 3.8) is 0 Å². The zero-order chi connectivity index (χ0) is 24.4. The third-order valence-corrected chi connectivity index (χ3v) is 7.84. The summed E-state index contributed by atoms with van der Waals surface area (Å²) in [5.41, 5.74) is -1.20. The number of rotatable bonds is 8. The first-order valence-electron chi connectivity index (χ1n) is 12.8. The number of carbonyl (C=O) groups is 3. The van der Waals surface area contributed by atoms with Crippen LogP contribution in [0.5, 0.6) is 0 Å². The number of carbonyl (C=O) groups excluding carboxylic acids is 3. The molecule has 5 heterocycles. The lowest BCUT2D eigenvalue weighted by Crippen LogP contribution is -2.56. The van der Waals surface area contributed by atoms with Crippen LogP contribution in [0.15, 0.2) is 24.3 Å². The number of cyclic esters (lactones) is 1. The summed E-state index contributed by atoms with van der Waals surface area (Å²) in [5.74, 6) is -2.40. The van der Waals surface area contributed by atoms with Crippen molar-refractivity contribution in [1.29, 1.82) is 0 Å². The highest BCUT2D eigenvalue weighted by Gasteiger charge is 2.71. The van der Waals surface area contributed by atoms with E-state index in [1.807, 2.05) is 12.2 Å². The van der Waals surface area contributed by atoms with Crippen LogP contribution in [0.3, 0.4) is 0 Å².